The van der Waals surface area contributed by atoms with Gasteiger partial charge in [0.05, 0.1) is 18.0 Å². The van der Waals surface area contributed by atoms with Crippen molar-refractivity contribution in [2.24, 2.45) is 11.3 Å². The Morgan fingerprint density at radius 3 is 2.78 bits per heavy atom. The van der Waals surface area contributed by atoms with Gasteiger partial charge in [0.2, 0.25) is 10.1 Å². The molecule has 1 saturated heterocycles. The standard InChI is InChI=1S/C17H26N4OS/c1-16(2,3)11-9-21-14(18-11)23-15(19-21)20(6)12-10-7-8-22-13(10)17(12,4)5/h9-10,12-13H,7-8H2,1-6H3/t10-,12-,13-/m1/s1. The molecule has 2 aliphatic rings. The molecule has 1 aliphatic heterocycles. The highest BCUT2D eigenvalue weighted by Crippen LogP contribution is 2.55. The van der Waals surface area contributed by atoms with Gasteiger partial charge in [0.25, 0.3) is 0 Å². The van der Waals surface area contributed by atoms with E-state index >= 15 is 0 Å². The van der Waals surface area contributed by atoms with Gasteiger partial charge in [-0.1, -0.05) is 46.0 Å². The average molecular weight is 334 g/mol. The molecule has 0 aromatic carbocycles. The van der Waals surface area contributed by atoms with Crippen molar-refractivity contribution in [3.8, 4) is 0 Å². The molecule has 0 amide bonds. The Morgan fingerprint density at radius 2 is 2.13 bits per heavy atom. The van der Waals surface area contributed by atoms with Gasteiger partial charge in [-0.25, -0.2) is 9.50 Å². The number of nitrogens with zero attached hydrogens (tertiary/aromatic N) is 4. The molecule has 2 aromatic heterocycles. The van der Waals surface area contributed by atoms with Gasteiger partial charge < -0.3 is 9.64 Å². The molecule has 23 heavy (non-hydrogen) atoms. The van der Waals surface area contributed by atoms with Crippen LogP contribution in [0.5, 0.6) is 0 Å². The van der Waals surface area contributed by atoms with Gasteiger partial charge in [-0.15, -0.1) is 5.10 Å². The molecule has 3 atom stereocenters. The summed E-state index contributed by atoms with van der Waals surface area (Å²) in [6, 6.07) is 0.493. The van der Waals surface area contributed by atoms with Crippen LogP contribution in [0.15, 0.2) is 6.20 Å². The van der Waals surface area contributed by atoms with E-state index in [-0.39, 0.29) is 10.8 Å². The zero-order valence-electron chi connectivity index (χ0n) is 14.8. The second kappa shape index (κ2) is 4.70. The Balaban J connectivity index is 1.63. The maximum Gasteiger partial charge on any atom is 0.214 e. The number of anilines is 1. The van der Waals surface area contributed by atoms with E-state index in [0.29, 0.717) is 18.1 Å². The minimum atomic E-state index is 0.0594. The molecule has 1 saturated carbocycles. The largest absolute Gasteiger partial charge is 0.377 e. The van der Waals surface area contributed by atoms with Crippen LogP contribution in [0.1, 0.15) is 46.7 Å². The van der Waals surface area contributed by atoms with Crippen molar-refractivity contribution in [2.45, 2.75) is 58.6 Å². The van der Waals surface area contributed by atoms with Crippen LogP contribution in [0.2, 0.25) is 0 Å². The molecule has 0 bridgehead atoms. The molecular formula is C17H26N4OS. The van der Waals surface area contributed by atoms with E-state index in [2.05, 4.69) is 52.8 Å². The fraction of sp³-hybridized carbons (Fsp3) is 0.765. The van der Waals surface area contributed by atoms with Crippen LogP contribution < -0.4 is 4.90 Å². The Hall–Kier alpha value is -1.14. The molecule has 0 unspecified atom stereocenters. The molecule has 0 spiro atoms. The summed E-state index contributed by atoms with van der Waals surface area (Å²) in [5.41, 5.74) is 1.34. The van der Waals surface area contributed by atoms with Crippen molar-refractivity contribution in [1.82, 2.24) is 14.6 Å². The molecule has 2 aromatic rings. The zero-order chi connectivity index (χ0) is 16.6. The van der Waals surface area contributed by atoms with Crippen molar-refractivity contribution in [2.75, 3.05) is 18.6 Å². The minimum absolute atomic E-state index is 0.0594. The summed E-state index contributed by atoms with van der Waals surface area (Å²) < 4.78 is 7.86. The SMILES string of the molecule is CN(c1nn2cc(C(C)(C)C)nc2s1)[C@@H]1[C@H]2CCO[C@H]2C1(C)C. The third-order valence-corrected chi connectivity index (χ3v) is 6.57. The monoisotopic (exact) mass is 334 g/mol. The molecule has 4 rings (SSSR count). The first-order valence-electron chi connectivity index (χ1n) is 8.41. The smallest absolute Gasteiger partial charge is 0.214 e. The van der Waals surface area contributed by atoms with Gasteiger partial charge in [-0.3, -0.25) is 0 Å². The molecule has 126 valence electrons. The lowest BCUT2D eigenvalue weighted by molar-refractivity contribution is -0.101. The van der Waals surface area contributed by atoms with Crippen molar-refractivity contribution in [3.05, 3.63) is 11.9 Å². The summed E-state index contributed by atoms with van der Waals surface area (Å²) in [6.45, 7) is 12.1. The summed E-state index contributed by atoms with van der Waals surface area (Å²) >= 11 is 1.68. The van der Waals surface area contributed by atoms with Gasteiger partial charge in [-0.2, -0.15) is 0 Å². The molecular weight excluding hydrogens is 308 g/mol. The maximum absolute atomic E-state index is 5.92. The maximum atomic E-state index is 5.92. The van der Waals surface area contributed by atoms with Gasteiger partial charge in [-0.05, 0) is 6.42 Å². The quantitative estimate of drug-likeness (QED) is 0.845. The van der Waals surface area contributed by atoms with Gasteiger partial charge >= 0.3 is 0 Å². The lowest BCUT2D eigenvalue weighted by Gasteiger charge is -2.57. The summed E-state index contributed by atoms with van der Waals surface area (Å²) in [5.74, 6) is 0.636. The molecule has 0 radical (unpaired) electrons. The number of hydrogen-bond acceptors (Lipinski definition) is 5. The topological polar surface area (TPSA) is 42.7 Å². The first kappa shape index (κ1) is 15.4. The molecule has 1 aliphatic carbocycles. The predicted octanol–water partition coefficient (Wildman–Crippen LogP) is 3.34. The first-order chi connectivity index (χ1) is 10.7. The summed E-state index contributed by atoms with van der Waals surface area (Å²) in [4.78, 5) is 8.09. The highest BCUT2D eigenvalue weighted by Gasteiger charge is 2.61. The van der Waals surface area contributed by atoms with E-state index in [1.165, 1.54) is 6.42 Å². The van der Waals surface area contributed by atoms with Crippen LogP contribution >= 0.6 is 11.3 Å². The van der Waals surface area contributed by atoms with Crippen LogP contribution in [0, 0.1) is 11.3 Å². The molecule has 6 heteroatoms. The number of aromatic nitrogens is 3. The molecule has 5 nitrogen and oxygen atoms in total. The molecule has 0 N–H and O–H groups in total. The third-order valence-electron chi connectivity index (χ3n) is 5.56. The highest BCUT2D eigenvalue weighted by molar-refractivity contribution is 7.20. The lowest BCUT2D eigenvalue weighted by atomic mass is 9.57. The van der Waals surface area contributed by atoms with E-state index in [1.54, 1.807) is 11.3 Å². The van der Waals surface area contributed by atoms with Gasteiger partial charge in [0.15, 0.2) is 0 Å². The minimum Gasteiger partial charge on any atom is -0.377 e. The van der Waals surface area contributed by atoms with Crippen LogP contribution in [0.3, 0.4) is 0 Å². The molecule has 3 heterocycles. The number of ether oxygens (including phenoxy) is 1. The van der Waals surface area contributed by atoms with Crippen LogP contribution in [0.4, 0.5) is 5.13 Å². The highest BCUT2D eigenvalue weighted by atomic mass is 32.1. The lowest BCUT2D eigenvalue weighted by Crippen LogP contribution is -2.66. The number of imidazole rings is 1. The summed E-state index contributed by atoms with van der Waals surface area (Å²) in [6.07, 6.45) is 3.64. The number of rotatable bonds is 2. The Labute approximate surface area is 141 Å². The van der Waals surface area contributed by atoms with Crippen LogP contribution in [-0.4, -0.2) is 40.4 Å². The Kier molecular flexibility index (Phi) is 3.14. The summed E-state index contributed by atoms with van der Waals surface area (Å²) in [7, 11) is 2.17. The normalized spacial score (nSPS) is 29.6. The van der Waals surface area contributed by atoms with Crippen molar-refractivity contribution in [3.63, 3.8) is 0 Å². The van der Waals surface area contributed by atoms with E-state index in [1.807, 2.05) is 4.52 Å². The Bertz CT molecular complexity index is 710. The van der Waals surface area contributed by atoms with E-state index in [0.717, 1.165) is 22.4 Å². The van der Waals surface area contributed by atoms with Crippen LogP contribution in [0.25, 0.3) is 4.96 Å². The fourth-order valence-electron chi connectivity index (χ4n) is 4.40. The van der Waals surface area contributed by atoms with Crippen molar-refractivity contribution >= 4 is 21.4 Å². The van der Waals surface area contributed by atoms with Gasteiger partial charge in [0, 0.05) is 36.4 Å². The second-order valence-corrected chi connectivity index (χ2v) is 9.54. The first-order valence-corrected chi connectivity index (χ1v) is 9.22. The summed E-state index contributed by atoms with van der Waals surface area (Å²) in [5, 5.41) is 5.84. The average Bonchev–Trinajstić information content (AvgIpc) is 3.08. The number of fused-ring (bicyclic) bond motifs is 2. The third kappa shape index (κ3) is 2.14. The van der Waals surface area contributed by atoms with E-state index in [9.17, 15) is 0 Å². The zero-order valence-corrected chi connectivity index (χ0v) is 15.6. The van der Waals surface area contributed by atoms with E-state index in [4.69, 9.17) is 14.8 Å². The van der Waals surface area contributed by atoms with Crippen molar-refractivity contribution in [1.29, 1.82) is 0 Å². The van der Waals surface area contributed by atoms with E-state index < -0.39 is 0 Å². The predicted molar refractivity (Wildman–Crippen MR) is 93.4 cm³/mol. The fourth-order valence-corrected chi connectivity index (χ4v) is 5.28. The number of hydrogen-bond donors (Lipinski definition) is 0. The van der Waals surface area contributed by atoms with Crippen molar-refractivity contribution < 1.29 is 4.74 Å². The molecule has 2 fully saturated rings. The van der Waals surface area contributed by atoms with Crippen LogP contribution in [-0.2, 0) is 10.2 Å². The Morgan fingerprint density at radius 1 is 1.39 bits per heavy atom. The second-order valence-electron chi connectivity index (χ2n) is 8.61. The van der Waals surface area contributed by atoms with Gasteiger partial charge in [0.1, 0.15) is 0 Å².